The van der Waals surface area contributed by atoms with Crippen molar-refractivity contribution in [1.29, 1.82) is 0 Å². The molecule has 0 spiro atoms. The van der Waals surface area contributed by atoms with E-state index >= 15 is 0 Å². The Kier molecular flexibility index (Phi) is 5.00. The summed E-state index contributed by atoms with van der Waals surface area (Å²) >= 11 is 5.97. The van der Waals surface area contributed by atoms with Crippen LogP contribution in [0.25, 0.3) is 0 Å². The molecule has 0 saturated carbocycles. The van der Waals surface area contributed by atoms with Crippen molar-refractivity contribution < 1.29 is 24.3 Å². The highest BCUT2D eigenvalue weighted by molar-refractivity contribution is 6.31. The number of anilines is 2. The van der Waals surface area contributed by atoms with Crippen molar-refractivity contribution in [3.05, 3.63) is 83.4 Å². The number of halogens is 1. The summed E-state index contributed by atoms with van der Waals surface area (Å²) in [4.78, 5) is 34.1. The molecule has 0 aromatic heterocycles. The molecule has 0 bridgehead atoms. The first-order valence-electron chi connectivity index (χ1n) is 10.0. The van der Waals surface area contributed by atoms with Gasteiger partial charge >= 0.3 is 0 Å². The zero-order valence-electron chi connectivity index (χ0n) is 17.0. The molecule has 0 aliphatic carbocycles. The predicted octanol–water partition coefficient (Wildman–Crippen LogP) is 4.11. The molecule has 2 aliphatic rings. The largest absolute Gasteiger partial charge is 0.504 e. The van der Waals surface area contributed by atoms with Gasteiger partial charge in [-0.15, -0.1) is 0 Å². The number of hydroxylamine groups is 1. The van der Waals surface area contributed by atoms with Gasteiger partial charge in [-0.05, 0) is 54.1 Å². The number of hydrogen-bond donors (Lipinski definition) is 1. The van der Waals surface area contributed by atoms with Gasteiger partial charge in [-0.1, -0.05) is 35.9 Å². The Morgan fingerprint density at radius 3 is 2.34 bits per heavy atom. The van der Waals surface area contributed by atoms with Crippen LogP contribution in [-0.4, -0.2) is 30.1 Å². The highest BCUT2D eigenvalue weighted by atomic mass is 35.5. The Hall–Kier alpha value is -3.55. The molecule has 0 radical (unpaired) electrons. The molecule has 5 rings (SSSR count). The number of methoxy groups -OCH3 is 1. The maximum absolute atomic E-state index is 13.5. The van der Waals surface area contributed by atoms with E-state index in [1.54, 1.807) is 41.5 Å². The molecule has 3 aromatic rings. The highest BCUT2D eigenvalue weighted by Gasteiger charge is 2.60. The number of hydrogen-bond acceptors (Lipinski definition) is 6. The molecule has 7 nitrogen and oxygen atoms in total. The average Bonchev–Trinajstić information content (AvgIpc) is 3.32. The first-order chi connectivity index (χ1) is 15.5. The Bertz CT molecular complexity index is 1180. The van der Waals surface area contributed by atoms with Crippen LogP contribution in [-0.2, 0) is 14.4 Å². The molecule has 32 heavy (non-hydrogen) atoms. The molecule has 0 unspecified atom stereocenters. The van der Waals surface area contributed by atoms with Crippen molar-refractivity contribution >= 4 is 34.8 Å². The van der Waals surface area contributed by atoms with Gasteiger partial charge in [0.05, 0.1) is 24.5 Å². The SMILES string of the molecule is COc1cc([C@@H]2[C@H]3C(=O)N(c4ccc(Cl)cc4)C(=O)[C@@H]3ON2c2ccccc2)ccc1O. The van der Waals surface area contributed by atoms with Gasteiger partial charge in [-0.2, -0.15) is 0 Å². The van der Waals surface area contributed by atoms with Crippen LogP contribution in [0.4, 0.5) is 11.4 Å². The lowest BCUT2D eigenvalue weighted by atomic mass is 9.90. The van der Waals surface area contributed by atoms with Crippen molar-refractivity contribution in [3.8, 4) is 11.5 Å². The fourth-order valence-electron chi connectivity index (χ4n) is 4.28. The third-order valence-electron chi connectivity index (χ3n) is 5.76. The minimum Gasteiger partial charge on any atom is -0.504 e. The van der Waals surface area contributed by atoms with Crippen LogP contribution in [0, 0.1) is 5.92 Å². The van der Waals surface area contributed by atoms with E-state index in [0.29, 0.717) is 22.0 Å². The summed E-state index contributed by atoms with van der Waals surface area (Å²) in [5.74, 6) is -1.33. The second-order valence-corrected chi connectivity index (χ2v) is 8.01. The van der Waals surface area contributed by atoms with E-state index in [4.69, 9.17) is 21.2 Å². The van der Waals surface area contributed by atoms with Gasteiger partial charge in [0, 0.05) is 5.02 Å². The monoisotopic (exact) mass is 450 g/mol. The minimum atomic E-state index is -0.983. The molecule has 162 valence electrons. The average molecular weight is 451 g/mol. The number of carbonyl (C=O) groups excluding carboxylic acids is 2. The highest BCUT2D eigenvalue weighted by Crippen LogP contribution is 2.48. The number of rotatable bonds is 4. The Morgan fingerprint density at radius 2 is 1.66 bits per heavy atom. The maximum atomic E-state index is 13.5. The molecule has 3 atom stereocenters. The Morgan fingerprint density at radius 1 is 0.938 bits per heavy atom. The van der Waals surface area contributed by atoms with Gasteiger partial charge in [0.1, 0.15) is 5.92 Å². The van der Waals surface area contributed by atoms with E-state index in [2.05, 4.69) is 0 Å². The van der Waals surface area contributed by atoms with E-state index in [-0.39, 0.29) is 17.4 Å². The van der Waals surface area contributed by atoms with Gasteiger partial charge in [-0.25, -0.2) is 9.96 Å². The lowest BCUT2D eigenvalue weighted by Crippen LogP contribution is -2.37. The van der Waals surface area contributed by atoms with Crippen LogP contribution in [0.15, 0.2) is 72.8 Å². The maximum Gasteiger partial charge on any atom is 0.266 e. The lowest BCUT2D eigenvalue weighted by Gasteiger charge is -2.29. The van der Waals surface area contributed by atoms with Gasteiger partial charge in [0.25, 0.3) is 5.91 Å². The topological polar surface area (TPSA) is 79.3 Å². The van der Waals surface area contributed by atoms with Crippen LogP contribution in [0.3, 0.4) is 0 Å². The summed E-state index contributed by atoms with van der Waals surface area (Å²) in [6.07, 6.45) is -0.983. The van der Waals surface area contributed by atoms with Crippen molar-refractivity contribution in [2.75, 3.05) is 17.1 Å². The molecule has 3 aromatic carbocycles. The van der Waals surface area contributed by atoms with Gasteiger partial charge in [-0.3, -0.25) is 14.4 Å². The lowest BCUT2D eigenvalue weighted by molar-refractivity contribution is -0.126. The second-order valence-electron chi connectivity index (χ2n) is 7.58. The summed E-state index contributed by atoms with van der Waals surface area (Å²) in [5.41, 5.74) is 1.82. The van der Waals surface area contributed by atoms with Gasteiger partial charge < -0.3 is 9.84 Å². The summed E-state index contributed by atoms with van der Waals surface area (Å²) in [5, 5.41) is 12.1. The number of carbonyl (C=O) groups is 2. The quantitative estimate of drug-likeness (QED) is 0.603. The number of amides is 2. The number of para-hydroxylation sites is 1. The normalized spacial score (nSPS) is 22.4. The van der Waals surface area contributed by atoms with Crippen molar-refractivity contribution in [3.63, 3.8) is 0 Å². The summed E-state index contributed by atoms with van der Waals surface area (Å²) in [6, 6.07) is 20.0. The number of aromatic hydroxyl groups is 1. The Labute approximate surface area is 189 Å². The van der Waals surface area contributed by atoms with Gasteiger partial charge in [0.2, 0.25) is 5.91 Å². The smallest absolute Gasteiger partial charge is 0.266 e. The predicted molar refractivity (Wildman–Crippen MR) is 119 cm³/mol. The molecule has 2 heterocycles. The fraction of sp³-hybridized carbons (Fsp3) is 0.167. The van der Waals surface area contributed by atoms with Crippen LogP contribution in [0.1, 0.15) is 11.6 Å². The number of nitrogens with zero attached hydrogens (tertiary/aromatic N) is 2. The van der Waals surface area contributed by atoms with Crippen molar-refractivity contribution in [2.45, 2.75) is 12.1 Å². The molecular weight excluding hydrogens is 432 g/mol. The number of fused-ring (bicyclic) bond motifs is 1. The zero-order valence-corrected chi connectivity index (χ0v) is 17.8. The zero-order chi connectivity index (χ0) is 22.4. The van der Waals surface area contributed by atoms with Gasteiger partial charge in [0.15, 0.2) is 17.6 Å². The summed E-state index contributed by atoms with van der Waals surface area (Å²) in [6.45, 7) is 0. The molecule has 2 saturated heterocycles. The van der Waals surface area contributed by atoms with Crippen molar-refractivity contribution in [1.82, 2.24) is 0 Å². The molecular formula is C24H19ClN2O5. The molecule has 2 fully saturated rings. The first-order valence-corrected chi connectivity index (χ1v) is 10.4. The third kappa shape index (κ3) is 3.18. The molecule has 8 heteroatoms. The molecule has 2 aliphatic heterocycles. The number of phenols is 1. The second kappa shape index (κ2) is 7.85. The summed E-state index contributed by atoms with van der Waals surface area (Å²) in [7, 11) is 1.45. The van der Waals surface area contributed by atoms with Crippen LogP contribution in [0.2, 0.25) is 5.02 Å². The van der Waals surface area contributed by atoms with Crippen molar-refractivity contribution in [2.24, 2.45) is 5.92 Å². The third-order valence-corrected chi connectivity index (χ3v) is 6.01. The number of imide groups is 1. The first kappa shape index (κ1) is 20.4. The minimum absolute atomic E-state index is 0.0189. The van der Waals surface area contributed by atoms with Crippen LogP contribution >= 0.6 is 11.6 Å². The number of phenolic OH excluding ortho intramolecular Hbond substituents is 1. The van der Waals surface area contributed by atoms with E-state index < -0.39 is 24.0 Å². The van der Waals surface area contributed by atoms with E-state index in [1.807, 2.05) is 30.3 Å². The molecule has 1 N–H and O–H groups in total. The summed E-state index contributed by atoms with van der Waals surface area (Å²) < 4.78 is 5.26. The number of benzene rings is 3. The molecule has 2 amide bonds. The van der Waals surface area contributed by atoms with Crippen LogP contribution in [0.5, 0.6) is 11.5 Å². The fourth-order valence-corrected chi connectivity index (χ4v) is 4.40. The van der Waals surface area contributed by atoms with E-state index in [0.717, 1.165) is 4.90 Å². The van der Waals surface area contributed by atoms with E-state index in [1.165, 1.54) is 13.2 Å². The van der Waals surface area contributed by atoms with E-state index in [9.17, 15) is 14.7 Å². The van der Waals surface area contributed by atoms with Crippen LogP contribution < -0.4 is 14.7 Å². The standard InChI is InChI=1S/C24H19ClN2O5/c1-31-19-13-14(7-12-18(19)28)21-20-22(32-27(21)17-5-3-2-4-6-17)24(30)26(23(20)29)16-10-8-15(25)9-11-16/h2-13,20-22,28H,1H3/t20-,21-,22-/m1/s1. The number of ether oxygens (including phenoxy) is 1. The Balaban J connectivity index is 1.60.